The highest BCUT2D eigenvalue weighted by molar-refractivity contribution is 5.80. The predicted octanol–water partition coefficient (Wildman–Crippen LogP) is 1.92. The van der Waals surface area contributed by atoms with Crippen LogP contribution in [-0.2, 0) is 11.2 Å². The van der Waals surface area contributed by atoms with Gasteiger partial charge in [-0.25, -0.2) is 0 Å². The maximum absolute atomic E-state index is 5.92. The van der Waals surface area contributed by atoms with Gasteiger partial charge in [-0.2, -0.15) is 0 Å². The lowest BCUT2D eigenvalue weighted by atomic mass is 9.96. The zero-order valence-corrected chi connectivity index (χ0v) is 14.7. The molecule has 0 spiro atoms. The molecule has 0 aromatic heterocycles. The Balaban J connectivity index is 1.31. The highest BCUT2D eigenvalue weighted by atomic mass is 16.5. The van der Waals surface area contributed by atoms with Gasteiger partial charge in [0.1, 0.15) is 0 Å². The van der Waals surface area contributed by atoms with Gasteiger partial charge in [-0.05, 0) is 44.2 Å². The van der Waals surface area contributed by atoms with Gasteiger partial charge in [0.05, 0.1) is 18.2 Å². The Kier molecular flexibility index (Phi) is 4.35. The first-order valence-electron chi connectivity index (χ1n) is 9.22. The van der Waals surface area contributed by atoms with Crippen LogP contribution in [0.3, 0.4) is 0 Å². The number of hydrogen-bond acceptors (Lipinski definition) is 3. The molecule has 4 unspecified atom stereocenters. The molecule has 2 bridgehead atoms. The first kappa shape index (κ1) is 15.8. The molecule has 3 aliphatic rings. The van der Waals surface area contributed by atoms with Gasteiger partial charge in [0.2, 0.25) is 0 Å². The van der Waals surface area contributed by atoms with Crippen LogP contribution in [0.15, 0.2) is 29.3 Å². The smallest absolute Gasteiger partial charge is 0.191 e. The number of hydrogen-bond donors (Lipinski definition) is 2. The van der Waals surface area contributed by atoms with E-state index in [1.165, 1.54) is 24.1 Å². The van der Waals surface area contributed by atoms with Crippen LogP contribution >= 0.6 is 0 Å². The van der Waals surface area contributed by atoms with Gasteiger partial charge in [-0.1, -0.05) is 18.2 Å². The Morgan fingerprint density at radius 3 is 3.00 bits per heavy atom. The number of ether oxygens (including phenoxy) is 1. The van der Waals surface area contributed by atoms with Crippen LogP contribution in [0, 0.1) is 0 Å². The molecule has 1 aromatic rings. The summed E-state index contributed by atoms with van der Waals surface area (Å²) in [4.78, 5) is 6.89. The average molecular weight is 328 g/mol. The maximum atomic E-state index is 5.92. The molecule has 24 heavy (non-hydrogen) atoms. The minimum atomic E-state index is 0.372. The molecule has 3 aliphatic heterocycles. The van der Waals surface area contributed by atoms with Crippen LogP contribution in [0.25, 0.3) is 0 Å². The van der Waals surface area contributed by atoms with Crippen LogP contribution in [0.2, 0.25) is 0 Å². The van der Waals surface area contributed by atoms with Crippen molar-refractivity contribution in [2.75, 3.05) is 25.0 Å². The fraction of sp³-hybridized carbons (Fsp3) is 0.632. The molecule has 5 heteroatoms. The minimum absolute atomic E-state index is 0.372. The number of aliphatic imine (C=N–C) groups is 1. The Morgan fingerprint density at radius 2 is 2.25 bits per heavy atom. The van der Waals surface area contributed by atoms with Crippen LogP contribution in [0.1, 0.15) is 31.7 Å². The molecule has 4 rings (SSSR count). The van der Waals surface area contributed by atoms with Gasteiger partial charge in [0.25, 0.3) is 0 Å². The van der Waals surface area contributed by atoms with Crippen molar-refractivity contribution in [2.24, 2.45) is 4.99 Å². The number of guanidine groups is 1. The van der Waals surface area contributed by atoms with Crippen LogP contribution in [0.5, 0.6) is 0 Å². The normalized spacial score (nSPS) is 29.7. The van der Waals surface area contributed by atoms with Crippen LogP contribution in [0.4, 0.5) is 5.69 Å². The standard InChI is InChI=1S/C19H28N4O/c1-13(23-10-9-14-5-3-4-6-17(14)23)12-21-19(20-2)22-16-11-15-7-8-18(16)24-15/h3-6,13,15-16,18H,7-12H2,1-2H3,(H2,20,21,22). The zero-order chi connectivity index (χ0) is 16.5. The van der Waals surface area contributed by atoms with E-state index in [1.807, 2.05) is 7.05 Å². The van der Waals surface area contributed by atoms with E-state index in [0.29, 0.717) is 24.3 Å². The number of fused-ring (bicyclic) bond motifs is 3. The third kappa shape index (κ3) is 2.97. The lowest BCUT2D eigenvalue weighted by molar-refractivity contribution is 0.0992. The average Bonchev–Trinajstić information content (AvgIpc) is 3.32. The summed E-state index contributed by atoms with van der Waals surface area (Å²) in [6.07, 6.45) is 5.50. The molecule has 5 nitrogen and oxygen atoms in total. The van der Waals surface area contributed by atoms with Crippen LogP contribution < -0.4 is 15.5 Å². The molecule has 0 aliphatic carbocycles. The SMILES string of the molecule is CN=C(NCC(C)N1CCc2ccccc21)NC1CC2CCC1O2. The van der Waals surface area contributed by atoms with Crippen molar-refractivity contribution in [1.29, 1.82) is 0 Å². The summed E-state index contributed by atoms with van der Waals surface area (Å²) < 4.78 is 5.92. The van der Waals surface area contributed by atoms with E-state index in [-0.39, 0.29) is 0 Å². The van der Waals surface area contributed by atoms with Gasteiger partial charge in [-0.3, -0.25) is 4.99 Å². The minimum Gasteiger partial charge on any atom is -0.373 e. The third-order valence-electron chi connectivity index (χ3n) is 5.67. The number of anilines is 1. The van der Waals surface area contributed by atoms with Crippen molar-refractivity contribution in [1.82, 2.24) is 10.6 Å². The number of nitrogens with zero attached hydrogens (tertiary/aromatic N) is 2. The highest BCUT2D eigenvalue weighted by Crippen LogP contribution is 2.34. The molecule has 4 atom stereocenters. The van der Waals surface area contributed by atoms with E-state index in [0.717, 1.165) is 31.9 Å². The summed E-state index contributed by atoms with van der Waals surface area (Å²) >= 11 is 0. The van der Waals surface area contributed by atoms with E-state index < -0.39 is 0 Å². The van der Waals surface area contributed by atoms with Gasteiger partial charge in [0, 0.05) is 31.9 Å². The zero-order valence-electron chi connectivity index (χ0n) is 14.7. The summed E-state index contributed by atoms with van der Waals surface area (Å²) in [6.45, 7) is 4.27. The maximum Gasteiger partial charge on any atom is 0.191 e. The summed E-state index contributed by atoms with van der Waals surface area (Å²) in [6, 6.07) is 9.59. The molecular formula is C19H28N4O. The van der Waals surface area contributed by atoms with E-state index >= 15 is 0 Å². The fourth-order valence-corrected chi connectivity index (χ4v) is 4.34. The summed E-state index contributed by atoms with van der Waals surface area (Å²) in [5, 5.41) is 7.06. The van der Waals surface area contributed by atoms with Crippen LogP contribution in [-0.4, -0.2) is 50.4 Å². The molecule has 2 saturated heterocycles. The van der Waals surface area contributed by atoms with E-state index in [4.69, 9.17) is 4.74 Å². The van der Waals surface area contributed by atoms with Gasteiger partial charge >= 0.3 is 0 Å². The largest absolute Gasteiger partial charge is 0.373 e. The molecule has 2 N–H and O–H groups in total. The second-order valence-electron chi connectivity index (χ2n) is 7.23. The van der Waals surface area contributed by atoms with E-state index in [9.17, 15) is 0 Å². The summed E-state index contributed by atoms with van der Waals surface area (Å²) in [5.74, 6) is 0.899. The van der Waals surface area contributed by atoms with Gasteiger partial charge in [-0.15, -0.1) is 0 Å². The lowest BCUT2D eigenvalue weighted by Crippen LogP contribution is -2.50. The summed E-state index contributed by atoms with van der Waals surface area (Å²) in [5.41, 5.74) is 2.85. The molecule has 0 amide bonds. The molecule has 1 aromatic carbocycles. The number of nitrogens with one attached hydrogen (secondary N) is 2. The van der Waals surface area contributed by atoms with Gasteiger partial charge in [0.15, 0.2) is 5.96 Å². The number of benzene rings is 1. The molecular weight excluding hydrogens is 300 g/mol. The Hall–Kier alpha value is -1.75. The fourth-order valence-electron chi connectivity index (χ4n) is 4.34. The predicted molar refractivity (Wildman–Crippen MR) is 97.8 cm³/mol. The Bertz CT molecular complexity index is 617. The first-order valence-corrected chi connectivity index (χ1v) is 9.22. The quantitative estimate of drug-likeness (QED) is 0.655. The molecule has 0 saturated carbocycles. The van der Waals surface area contributed by atoms with E-state index in [1.54, 1.807) is 0 Å². The van der Waals surface area contributed by atoms with Crippen molar-refractivity contribution in [3.8, 4) is 0 Å². The van der Waals surface area contributed by atoms with Crippen molar-refractivity contribution < 1.29 is 4.74 Å². The van der Waals surface area contributed by atoms with E-state index in [2.05, 4.69) is 51.7 Å². The Morgan fingerprint density at radius 1 is 1.38 bits per heavy atom. The molecule has 3 heterocycles. The number of para-hydroxylation sites is 1. The van der Waals surface area contributed by atoms with Crippen molar-refractivity contribution >= 4 is 11.6 Å². The highest BCUT2D eigenvalue weighted by Gasteiger charge is 2.41. The van der Waals surface area contributed by atoms with Gasteiger partial charge < -0.3 is 20.3 Å². The first-order chi connectivity index (χ1) is 11.7. The third-order valence-corrected chi connectivity index (χ3v) is 5.67. The van der Waals surface area contributed by atoms with Crippen molar-refractivity contribution in [3.63, 3.8) is 0 Å². The molecule has 0 radical (unpaired) electrons. The lowest BCUT2D eigenvalue weighted by Gasteiger charge is -2.29. The number of rotatable bonds is 4. The Labute approximate surface area is 144 Å². The second kappa shape index (κ2) is 6.63. The molecule has 130 valence electrons. The van der Waals surface area contributed by atoms with Crippen molar-refractivity contribution in [3.05, 3.63) is 29.8 Å². The summed E-state index contributed by atoms with van der Waals surface area (Å²) in [7, 11) is 1.85. The van der Waals surface area contributed by atoms with Crippen molar-refractivity contribution in [2.45, 2.75) is 56.9 Å². The molecule has 2 fully saturated rings. The monoisotopic (exact) mass is 328 g/mol. The topological polar surface area (TPSA) is 48.9 Å². The second-order valence-corrected chi connectivity index (χ2v) is 7.23.